The molecule has 0 aromatic carbocycles. The summed E-state index contributed by atoms with van der Waals surface area (Å²) in [6.07, 6.45) is 0.469. The molecular formula is C12H32O4. The number of carbonyl (C=O) groups is 2. The van der Waals surface area contributed by atoms with Crippen LogP contribution in [0.4, 0.5) is 0 Å². The normalized spacial score (nSPS) is 5.75. The van der Waals surface area contributed by atoms with Gasteiger partial charge in [-0.1, -0.05) is 36.6 Å². The van der Waals surface area contributed by atoms with Gasteiger partial charge in [-0.05, 0) is 6.92 Å². The molecule has 0 spiro atoms. The Morgan fingerprint density at radius 1 is 1.00 bits per heavy atom. The quantitative estimate of drug-likeness (QED) is 0.691. The number of ether oxygens (including phenoxy) is 2. The highest BCUT2D eigenvalue weighted by atomic mass is 16.5. The Balaban J connectivity index is -0.0000000250. The summed E-state index contributed by atoms with van der Waals surface area (Å²) in [6.45, 7) is 5.41. The fourth-order valence-corrected chi connectivity index (χ4v) is 0.348. The van der Waals surface area contributed by atoms with E-state index in [9.17, 15) is 9.59 Å². The van der Waals surface area contributed by atoms with Gasteiger partial charge in [-0.25, -0.2) is 0 Å². The number of esters is 2. The van der Waals surface area contributed by atoms with Crippen molar-refractivity contribution < 1.29 is 19.1 Å². The van der Waals surface area contributed by atoms with Gasteiger partial charge in [0, 0.05) is 13.3 Å². The van der Waals surface area contributed by atoms with E-state index in [1.807, 2.05) is 0 Å². The van der Waals surface area contributed by atoms with E-state index in [1.54, 1.807) is 13.8 Å². The van der Waals surface area contributed by atoms with Crippen molar-refractivity contribution in [2.24, 2.45) is 0 Å². The first-order chi connectivity index (χ1) is 5.58. The Morgan fingerprint density at radius 3 is 1.38 bits per heavy atom. The first-order valence-corrected chi connectivity index (χ1v) is 3.78. The van der Waals surface area contributed by atoms with Crippen molar-refractivity contribution in [3.8, 4) is 0 Å². The third-order valence-corrected chi connectivity index (χ3v) is 0.864. The summed E-state index contributed by atoms with van der Waals surface area (Å²) >= 11 is 0. The predicted molar refractivity (Wildman–Crippen MR) is 71.5 cm³/mol. The summed E-state index contributed by atoms with van der Waals surface area (Å²) in [5, 5.41) is 0. The van der Waals surface area contributed by atoms with Crippen LogP contribution in [-0.2, 0) is 19.1 Å². The molecule has 0 atom stereocenters. The first kappa shape index (κ1) is 36.3. The molecule has 104 valence electrons. The zero-order chi connectivity index (χ0) is 9.98. The summed E-state index contributed by atoms with van der Waals surface area (Å²) in [7, 11) is 1.38. The Kier molecular flexibility index (Phi) is 66.3. The molecular weight excluding hydrogens is 208 g/mol. The molecule has 0 aliphatic heterocycles. The van der Waals surface area contributed by atoms with Gasteiger partial charge in [0.25, 0.3) is 0 Å². The highest BCUT2D eigenvalue weighted by Gasteiger charge is 1.87. The van der Waals surface area contributed by atoms with E-state index < -0.39 is 0 Å². The van der Waals surface area contributed by atoms with E-state index >= 15 is 0 Å². The van der Waals surface area contributed by atoms with Crippen molar-refractivity contribution in [1.82, 2.24) is 0 Å². The highest BCUT2D eigenvalue weighted by molar-refractivity contribution is 5.68. The van der Waals surface area contributed by atoms with E-state index in [-0.39, 0.29) is 41.6 Å². The monoisotopic (exact) mass is 240 g/mol. The number of carbonyl (C=O) groups excluding carboxylic acids is 2. The van der Waals surface area contributed by atoms with Crippen molar-refractivity contribution in [2.45, 2.75) is 56.9 Å². The summed E-state index contributed by atoms with van der Waals surface area (Å²) in [6, 6.07) is 0. The molecule has 0 aromatic heterocycles. The molecule has 16 heavy (non-hydrogen) atoms. The van der Waals surface area contributed by atoms with Gasteiger partial charge >= 0.3 is 11.9 Å². The second-order valence-corrected chi connectivity index (χ2v) is 1.85. The van der Waals surface area contributed by atoms with Crippen LogP contribution in [-0.4, -0.2) is 25.7 Å². The molecule has 0 saturated carbocycles. The summed E-state index contributed by atoms with van der Waals surface area (Å²) in [4.78, 5) is 19.8. The first-order valence-electron chi connectivity index (χ1n) is 3.78. The molecule has 0 amide bonds. The fraction of sp³-hybridized carbons (Fsp3) is 0.833. The molecule has 0 bridgehead atoms. The third-order valence-electron chi connectivity index (χ3n) is 0.864. The van der Waals surface area contributed by atoms with Crippen LogP contribution in [0.25, 0.3) is 0 Å². The maximum atomic E-state index is 9.96. The van der Waals surface area contributed by atoms with Crippen LogP contribution in [0.15, 0.2) is 0 Å². The van der Waals surface area contributed by atoms with Crippen LogP contribution >= 0.6 is 0 Å². The zero-order valence-corrected chi connectivity index (χ0v) is 8.05. The molecule has 0 fully saturated rings. The van der Waals surface area contributed by atoms with Gasteiger partial charge in [0.2, 0.25) is 0 Å². The van der Waals surface area contributed by atoms with Crippen LogP contribution in [0, 0.1) is 0 Å². The average Bonchev–Trinajstić information content (AvgIpc) is 2.04. The van der Waals surface area contributed by atoms with Crippen molar-refractivity contribution >= 4 is 11.9 Å². The number of hydrogen-bond acceptors (Lipinski definition) is 4. The third kappa shape index (κ3) is 52.3. The lowest BCUT2D eigenvalue weighted by Gasteiger charge is -1.89. The predicted octanol–water partition coefficient (Wildman–Crippen LogP) is 3.68. The minimum atomic E-state index is -0.211. The minimum Gasteiger partial charge on any atom is -0.469 e. The summed E-state index contributed by atoms with van der Waals surface area (Å²) in [5.41, 5.74) is 0. The average molecular weight is 240 g/mol. The van der Waals surface area contributed by atoms with E-state index in [1.165, 1.54) is 14.0 Å². The molecule has 0 aromatic rings. The van der Waals surface area contributed by atoms with Gasteiger partial charge in [0.1, 0.15) is 0 Å². The highest BCUT2D eigenvalue weighted by Crippen LogP contribution is 1.76. The van der Waals surface area contributed by atoms with Gasteiger partial charge in [-0.3, -0.25) is 9.59 Å². The van der Waals surface area contributed by atoms with E-state index in [0.717, 1.165) is 0 Å². The molecule has 0 heterocycles. The largest absolute Gasteiger partial charge is 0.469 e. The molecule has 4 heteroatoms. The van der Waals surface area contributed by atoms with E-state index in [0.29, 0.717) is 13.0 Å². The molecule has 0 saturated heterocycles. The van der Waals surface area contributed by atoms with Crippen LogP contribution in [0.1, 0.15) is 56.9 Å². The van der Waals surface area contributed by atoms with Crippen molar-refractivity contribution in [2.75, 3.05) is 13.7 Å². The van der Waals surface area contributed by atoms with Gasteiger partial charge in [0.15, 0.2) is 0 Å². The van der Waals surface area contributed by atoms with Gasteiger partial charge < -0.3 is 9.47 Å². The van der Waals surface area contributed by atoms with Crippen molar-refractivity contribution in [3.05, 3.63) is 0 Å². The lowest BCUT2D eigenvalue weighted by molar-refractivity contribution is -0.141. The Bertz CT molecular complexity index is 127. The lowest BCUT2D eigenvalue weighted by atomic mass is 10.5. The van der Waals surface area contributed by atoms with Gasteiger partial charge in [-0.15, -0.1) is 0 Å². The summed E-state index contributed by atoms with van der Waals surface area (Å²) in [5.74, 6) is -0.368. The van der Waals surface area contributed by atoms with Gasteiger partial charge in [0.05, 0.1) is 13.7 Å². The maximum Gasteiger partial charge on any atom is 0.305 e. The fourth-order valence-electron chi connectivity index (χ4n) is 0.348. The Labute approximate surface area is 102 Å². The molecule has 4 nitrogen and oxygen atoms in total. The van der Waals surface area contributed by atoms with E-state index in [4.69, 9.17) is 0 Å². The molecule has 0 aliphatic rings. The Morgan fingerprint density at radius 2 is 1.38 bits per heavy atom. The molecule has 0 rings (SSSR count). The second-order valence-electron chi connectivity index (χ2n) is 1.85. The maximum absolute atomic E-state index is 9.96. The standard InChI is InChI=1S/2C4H8O2.4CH4/c1-3-4(5)6-2;1-3-6-4(2)5;;;;/h2*3H2,1-2H3;4*1H4. The number of hydrogen-bond donors (Lipinski definition) is 0. The Hall–Kier alpha value is -1.06. The second kappa shape index (κ2) is 29.2. The molecule has 0 aliphatic carbocycles. The van der Waals surface area contributed by atoms with E-state index in [2.05, 4.69) is 9.47 Å². The van der Waals surface area contributed by atoms with Crippen molar-refractivity contribution in [1.29, 1.82) is 0 Å². The van der Waals surface area contributed by atoms with Crippen LogP contribution in [0.5, 0.6) is 0 Å². The smallest absolute Gasteiger partial charge is 0.305 e. The number of rotatable bonds is 2. The molecule has 0 N–H and O–H groups in total. The SMILES string of the molecule is C.C.C.C.CCC(=O)OC.CCOC(C)=O. The van der Waals surface area contributed by atoms with Crippen molar-refractivity contribution in [3.63, 3.8) is 0 Å². The van der Waals surface area contributed by atoms with Crippen LogP contribution in [0.2, 0.25) is 0 Å². The van der Waals surface area contributed by atoms with Gasteiger partial charge in [-0.2, -0.15) is 0 Å². The summed E-state index contributed by atoms with van der Waals surface area (Å²) < 4.78 is 8.66. The molecule has 0 unspecified atom stereocenters. The minimum absolute atomic E-state index is 0. The number of methoxy groups -OCH3 is 1. The zero-order valence-electron chi connectivity index (χ0n) is 8.05. The lowest BCUT2D eigenvalue weighted by Crippen LogP contribution is -1.95. The van der Waals surface area contributed by atoms with Crippen LogP contribution in [0.3, 0.4) is 0 Å². The van der Waals surface area contributed by atoms with Crippen LogP contribution < -0.4 is 0 Å². The topological polar surface area (TPSA) is 52.6 Å². The molecule has 0 radical (unpaired) electrons.